The number of carbonyl (C=O) groups is 2. The first-order chi connectivity index (χ1) is 25.6. The fraction of sp³-hybridized carbons (Fsp3) is 0.425. The van der Waals surface area contributed by atoms with Crippen LogP contribution in [0.5, 0.6) is 17.2 Å². The summed E-state index contributed by atoms with van der Waals surface area (Å²) in [6.45, 7) is 8.15. The molecule has 0 saturated carbocycles. The zero-order valence-electron chi connectivity index (χ0n) is 31.2. The van der Waals surface area contributed by atoms with Crippen LogP contribution in [0.25, 0.3) is 22.0 Å². The minimum Gasteiger partial charge on any atom is -0.493 e. The topological polar surface area (TPSA) is 155 Å². The molecule has 53 heavy (non-hydrogen) atoms. The van der Waals surface area contributed by atoms with Gasteiger partial charge < -0.3 is 34.7 Å². The average Bonchev–Trinajstić information content (AvgIpc) is 3.40. The van der Waals surface area contributed by atoms with E-state index in [4.69, 9.17) is 14.2 Å². The van der Waals surface area contributed by atoms with E-state index in [1.165, 1.54) is 6.92 Å². The fourth-order valence-corrected chi connectivity index (χ4v) is 7.42. The van der Waals surface area contributed by atoms with Gasteiger partial charge in [0.1, 0.15) is 11.9 Å². The van der Waals surface area contributed by atoms with Gasteiger partial charge in [-0.25, -0.2) is 4.98 Å². The SMILES string of the molecule is CC[C@H](C)[C@@H](Nc1ccc2c(cc1=O)[C@H](NC(C)=O)CCc1cc(OC)c(OC)c(OC)c1-2)C(=O)N1CCN(Cc2nc3ccccc3c(=O)[nH]2)CC1. The van der Waals surface area contributed by atoms with Gasteiger partial charge in [-0.2, -0.15) is 0 Å². The Bertz CT molecular complexity index is 2130. The van der Waals surface area contributed by atoms with E-state index in [9.17, 15) is 19.2 Å². The standard InChI is InChI=1S/C40H48N6O7/c1-7-23(2)36(40(50)46-18-16-45(17-19-46)22-34-42-29-11-9-8-10-27(29)39(49)44-34)43-31-15-13-26-28(21-32(31)48)30(41-24(3)47)14-12-25-20-33(51-4)37(52-5)38(53-6)35(25)26/h8-11,13,15,20-21,23,30,36H,7,12,14,16-19,22H2,1-6H3,(H,41,47)(H,43,48)(H,42,44,49)/t23-,30+,36+/m0/s1. The molecule has 280 valence electrons. The Labute approximate surface area is 308 Å². The molecule has 2 heterocycles. The molecule has 1 aliphatic carbocycles. The number of aromatic nitrogens is 2. The maximum absolute atomic E-state index is 14.2. The van der Waals surface area contributed by atoms with Gasteiger partial charge in [0, 0.05) is 38.7 Å². The van der Waals surface area contributed by atoms with E-state index in [1.807, 2.05) is 49.1 Å². The second kappa shape index (κ2) is 16.1. The Morgan fingerprint density at radius 3 is 2.40 bits per heavy atom. The Kier molecular flexibility index (Phi) is 11.3. The lowest BCUT2D eigenvalue weighted by atomic mass is 9.95. The molecule has 13 heteroatoms. The third kappa shape index (κ3) is 7.71. The molecule has 0 unspecified atom stereocenters. The van der Waals surface area contributed by atoms with Gasteiger partial charge in [-0.1, -0.05) is 38.5 Å². The summed E-state index contributed by atoms with van der Waals surface area (Å²) in [4.78, 5) is 64.8. The van der Waals surface area contributed by atoms with Crippen molar-refractivity contribution >= 4 is 28.4 Å². The normalized spacial score (nSPS) is 16.8. The molecule has 2 aliphatic rings. The van der Waals surface area contributed by atoms with Crippen molar-refractivity contribution in [1.82, 2.24) is 25.1 Å². The van der Waals surface area contributed by atoms with Gasteiger partial charge in [-0.3, -0.25) is 24.1 Å². The molecule has 1 saturated heterocycles. The number of ether oxygens (including phenoxy) is 3. The summed E-state index contributed by atoms with van der Waals surface area (Å²) in [5, 5.41) is 6.94. The number of anilines is 1. The van der Waals surface area contributed by atoms with Crippen molar-refractivity contribution in [2.24, 2.45) is 5.92 Å². The number of H-pyrrole nitrogens is 1. The highest BCUT2D eigenvalue weighted by Gasteiger charge is 2.33. The van der Waals surface area contributed by atoms with Crippen molar-refractivity contribution in [3.05, 3.63) is 86.1 Å². The van der Waals surface area contributed by atoms with Crippen LogP contribution in [0.2, 0.25) is 0 Å². The second-order valence-corrected chi connectivity index (χ2v) is 13.7. The van der Waals surface area contributed by atoms with Crippen molar-refractivity contribution in [3.63, 3.8) is 0 Å². The smallest absolute Gasteiger partial charge is 0.258 e. The molecule has 0 bridgehead atoms. The van der Waals surface area contributed by atoms with Gasteiger partial charge in [0.25, 0.3) is 5.56 Å². The number of aryl methyl sites for hydroxylation is 1. The lowest BCUT2D eigenvalue weighted by molar-refractivity contribution is -0.135. The Morgan fingerprint density at radius 2 is 1.72 bits per heavy atom. The van der Waals surface area contributed by atoms with Gasteiger partial charge in [0.15, 0.2) is 11.5 Å². The number of carbonyl (C=O) groups excluding carboxylic acids is 2. The highest BCUT2D eigenvalue weighted by Crippen LogP contribution is 2.50. The van der Waals surface area contributed by atoms with Gasteiger partial charge >= 0.3 is 0 Å². The van der Waals surface area contributed by atoms with Crippen molar-refractivity contribution in [2.75, 3.05) is 52.8 Å². The Hall–Kier alpha value is -5.43. The second-order valence-electron chi connectivity index (χ2n) is 13.7. The molecule has 3 N–H and O–H groups in total. The summed E-state index contributed by atoms with van der Waals surface area (Å²) in [7, 11) is 4.67. The van der Waals surface area contributed by atoms with E-state index in [0.717, 1.165) is 11.1 Å². The van der Waals surface area contributed by atoms with Crippen LogP contribution < -0.4 is 35.8 Å². The molecule has 1 aliphatic heterocycles. The molecule has 6 rings (SSSR count). The maximum Gasteiger partial charge on any atom is 0.258 e. The summed E-state index contributed by atoms with van der Waals surface area (Å²) in [5.41, 5.74) is 3.51. The number of hydrogen-bond acceptors (Lipinski definition) is 10. The number of methoxy groups -OCH3 is 3. The summed E-state index contributed by atoms with van der Waals surface area (Å²) in [6, 6.07) is 13.2. The summed E-state index contributed by atoms with van der Waals surface area (Å²) < 4.78 is 17.3. The van der Waals surface area contributed by atoms with Crippen molar-refractivity contribution < 1.29 is 23.8 Å². The summed E-state index contributed by atoms with van der Waals surface area (Å²) >= 11 is 0. The van der Waals surface area contributed by atoms with E-state index in [2.05, 4.69) is 25.5 Å². The number of fused-ring (bicyclic) bond motifs is 4. The Morgan fingerprint density at radius 1 is 0.981 bits per heavy atom. The number of nitrogens with one attached hydrogen (secondary N) is 3. The van der Waals surface area contributed by atoms with Gasteiger partial charge in [0.05, 0.1) is 50.5 Å². The first-order valence-corrected chi connectivity index (χ1v) is 18.1. The van der Waals surface area contributed by atoms with E-state index >= 15 is 0 Å². The van der Waals surface area contributed by atoms with Gasteiger partial charge in [-0.05, 0) is 65.8 Å². The minimum atomic E-state index is -0.655. The summed E-state index contributed by atoms with van der Waals surface area (Å²) in [5.74, 6) is 1.62. The number of rotatable bonds is 11. The number of hydrogen-bond donors (Lipinski definition) is 3. The first kappa shape index (κ1) is 37.3. The number of nitrogens with zero attached hydrogens (tertiary/aromatic N) is 3. The van der Waals surface area contributed by atoms with E-state index in [-0.39, 0.29) is 34.4 Å². The number of aromatic amines is 1. The third-order valence-electron chi connectivity index (χ3n) is 10.4. The fourth-order valence-electron chi connectivity index (χ4n) is 7.42. The highest BCUT2D eigenvalue weighted by molar-refractivity contribution is 5.86. The zero-order valence-corrected chi connectivity index (χ0v) is 31.2. The van der Waals surface area contributed by atoms with Crippen LogP contribution in [0.4, 0.5) is 5.69 Å². The molecule has 0 radical (unpaired) electrons. The summed E-state index contributed by atoms with van der Waals surface area (Å²) in [6.07, 6.45) is 1.84. The molecule has 1 fully saturated rings. The number of para-hydroxylation sites is 1. The molecule has 3 atom stereocenters. The van der Waals surface area contributed by atoms with E-state index in [0.29, 0.717) is 97.1 Å². The molecule has 13 nitrogen and oxygen atoms in total. The van der Waals surface area contributed by atoms with E-state index in [1.54, 1.807) is 39.5 Å². The average molecular weight is 725 g/mol. The molecular weight excluding hydrogens is 676 g/mol. The first-order valence-electron chi connectivity index (χ1n) is 18.1. The Balaban J connectivity index is 1.28. The van der Waals surface area contributed by atoms with Crippen LogP contribution in [-0.2, 0) is 22.6 Å². The molecular formula is C40H48N6O7. The molecule has 1 aromatic heterocycles. The minimum absolute atomic E-state index is 0.0799. The number of amides is 2. The largest absolute Gasteiger partial charge is 0.493 e. The zero-order chi connectivity index (χ0) is 37.8. The van der Waals surface area contributed by atoms with Crippen molar-refractivity contribution in [3.8, 4) is 28.4 Å². The monoisotopic (exact) mass is 724 g/mol. The molecule has 2 amide bonds. The maximum atomic E-state index is 14.2. The van der Waals surface area contributed by atoms with E-state index < -0.39 is 12.1 Å². The van der Waals surface area contributed by atoms with Crippen LogP contribution in [0.1, 0.15) is 56.6 Å². The van der Waals surface area contributed by atoms with Crippen LogP contribution in [0.3, 0.4) is 0 Å². The predicted octanol–water partition coefficient (Wildman–Crippen LogP) is 4.27. The third-order valence-corrected chi connectivity index (χ3v) is 10.4. The predicted molar refractivity (Wildman–Crippen MR) is 204 cm³/mol. The van der Waals surface area contributed by atoms with Crippen LogP contribution in [0.15, 0.2) is 58.1 Å². The molecule has 3 aromatic carbocycles. The van der Waals surface area contributed by atoms with Gasteiger partial charge in [0.2, 0.25) is 23.0 Å². The lowest BCUT2D eigenvalue weighted by Crippen LogP contribution is -2.54. The highest BCUT2D eigenvalue weighted by atomic mass is 16.5. The van der Waals surface area contributed by atoms with Crippen LogP contribution >= 0.6 is 0 Å². The van der Waals surface area contributed by atoms with Gasteiger partial charge in [-0.15, -0.1) is 0 Å². The number of piperazine rings is 1. The lowest BCUT2D eigenvalue weighted by Gasteiger charge is -2.37. The van der Waals surface area contributed by atoms with Crippen molar-refractivity contribution in [2.45, 2.75) is 58.7 Å². The number of benzene rings is 2. The quantitative estimate of drug-likeness (QED) is 0.204. The molecule has 0 spiro atoms. The van der Waals surface area contributed by atoms with Crippen molar-refractivity contribution in [1.29, 1.82) is 0 Å². The van der Waals surface area contributed by atoms with Crippen LogP contribution in [-0.4, -0.2) is 85.1 Å². The van der Waals surface area contributed by atoms with Crippen LogP contribution in [0, 0.1) is 5.92 Å². The molecule has 4 aromatic rings.